The van der Waals surface area contributed by atoms with Crippen LogP contribution in [0.5, 0.6) is 0 Å². The molecule has 3 aromatic carbocycles. The largest absolute Gasteiger partial charge is 0.151 e. The van der Waals surface area contributed by atoms with Crippen molar-refractivity contribution < 1.29 is 0 Å². The Hall–Kier alpha value is -2.74. The predicted octanol–water partition coefficient (Wildman–Crippen LogP) is 7.84. The third-order valence-electron chi connectivity index (χ3n) is 4.67. The van der Waals surface area contributed by atoms with Gasteiger partial charge in [0.25, 0.3) is 0 Å². The van der Waals surface area contributed by atoms with Crippen molar-refractivity contribution in [2.24, 2.45) is 10.2 Å². The van der Waals surface area contributed by atoms with Gasteiger partial charge in [-0.1, -0.05) is 86.0 Å². The molecule has 0 spiro atoms. The highest BCUT2D eigenvalue weighted by atomic mass is 15.1. The van der Waals surface area contributed by atoms with E-state index in [1.165, 1.54) is 32.1 Å². The van der Waals surface area contributed by atoms with Gasteiger partial charge in [-0.3, -0.25) is 0 Å². The van der Waals surface area contributed by atoms with Crippen LogP contribution in [0, 0.1) is 0 Å². The Balaban J connectivity index is 0.000000152. The van der Waals surface area contributed by atoms with E-state index in [1.54, 1.807) is 5.56 Å². The maximum Gasteiger partial charge on any atom is 0.0857 e. The first kappa shape index (κ1) is 18.1. The number of hydrogen-bond acceptors (Lipinski definition) is 2. The molecule has 26 heavy (non-hydrogen) atoms. The van der Waals surface area contributed by atoms with Gasteiger partial charge in [-0.05, 0) is 48.6 Å². The smallest absolute Gasteiger partial charge is 0.0857 e. The molecule has 3 aromatic rings. The van der Waals surface area contributed by atoms with Gasteiger partial charge >= 0.3 is 0 Å². The van der Waals surface area contributed by atoms with E-state index in [1.807, 2.05) is 60.7 Å². The Morgan fingerprint density at radius 1 is 0.500 bits per heavy atom. The standard InChI is InChI=1S/C12H10N2.C12H16/c1-3-7-11(8-4-1)13-14-12-9-5-2-6-10-12;1-3-7-11(8-4-1)12-9-5-2-6-10-12/h1-10H;1,3-4,7-8,12H,2,5-6,9-10H2. The SMILES string of the molecule is c1ccc(C2CCCCC2)cc1.c1ccc(N=Nc2ccccc2)cc1. The summed E-state index contributed by atoms with van der Waals surface area (Å²) in [5, 5.41) is 8.20. The summed E-state index contributed by atoms with van der Waals surface area (Å²) in [5.74, 6) is 0.861. The summed E-state index contributed by atoms with van der Waals surface area (Å²) in [6, 6.07) is 30.4. The summed E-state index contributed by atoms with van der Waals surface area (Å²) in [7, 11) is 0. The maximum atomic E-state index is 4.10. The van der Waals surface area contributed by atoms with E-state index in [0.29, 0.717) is 0 Å². The average molecular weight is 342 g/mol. The van der Waals surface area contributed by atoms with Gasteiger partial charge in [0.1, 0.15) is 0 Å². The van der Waals surface area contributed by atoms with Gasteiger partial charge in [0, 0.05) is 0 Å². The van der Waals surface area contributed by atoms with Crippen LogP contribution >= 0.6 is 0 Å². The normalized spacial score (nSPS) is 14.6. The number of hydrogen-bond donors (Lipinski definition) is 0. The molecular formula is C24H26N2. The maximum absolute atomic E-state index is 4.10. The molecule has 0 amide bonds. The molecule has 0 heterocycles. The highest BCUT2D eigenvalue weighted by Gasteiger charge is 2.14. The predicted molar refractivity (Wildman–Crippen MR) is 109 cm³/mol. The van der Waals surface area contributed by atoms with E-state index >= 15 is 0 Å². The Labute approximate surface area is 156 Å². The minimum absolute atomic E-state index is 0.861. The Kier molecular flexibility index (Phi) is 7.15. The van der Waals surface area contributed by atoms with Crippen molar-refractivity contribution in [2.75, 3.05) is 0 Å². The Bertz CT molecular complexity index is 720. The molecule has 132 valence electrons. The van der Waals surface area contributed by atoms with E-state index in [-0.39, 0.29) is 0 Å². The molecular weight excluding hydrogens is 316 g/mol. The zero-order valence-electron chi connectivity index (χ0n) is 15.2. The van der Waals surface area contributed by atoms with Gasteiger partial charge in [0.2, 0.25) is 0 Å². The second-order valence-corrected chi connectivity index (χ2v) is 6.62. The van der Waals surface area contributed by atoms with Crippen molar-refractivity contribution in [1.82, 2.24) is 0 Å². The minimum Gasteiger partial charge on any atom is -0.151 e. The van der Waals surface area contributed by atoms with E-state index in [2.05, 4.69) is 40.6 Å². The molecule has 1 fully saturated rings. The fourth-order valence-electron chi connectivity index (χ4n) is 3.27. The number of azo groups is 1. The van der Waals surface area contributed by atoms with Gasteiger partial charge in [-0.2, -0.15) is 10.2 Å². The zero-order valence-corrected chi connectivity index (χ0v) is 15.2. The lowest BCUT2D eigenvalue weighted by Gasteiger charge is -2.21. The molecule has 0 saturated heterocycles. The van der Waals surface area contributed by atoms with Crippen molar-refractivity contribution in [3.8, 4) is 0 Å². The summed E-state index contributed by atoms with van der Waals surface area (Å²) >= 11 is 0. The molecule has 2 heteroatoms. The second-order valence-electron chi connectivity index (χ2n) is 6.62. The molecule has 0 radical (unpaired) electrons. The van der Waals surface area contributed by atoms with Crippen molar-refractivity contribution >= 4 is 11.4 Å². The van der Waals surface area contributed by atoms with Gasteiger partial charge in [-0.15, -0.1) is 0 Å². The molecule has 4 rings (SSSR count). The van der Waals surface area contributed by atoms with Crippen molar-refractivity contribution in [3.63, 3.8) is 0 Å². The lowest BCUT2D eigenvalue weighted by Crippen LogP contribution is -2.03. The molecule has 0 bridgehead atoms. The van der Waals surface area contributed by atoms with Crippen molar-refractivity contribution in [3.05, 3.63) is 96.6 Å². The fraction of sp³-hybridized carbons (Fsp3) is 0.250. The first-order valence-electron chi connectivity index (χ1n) is 9.48. The van der Waals surface area contributed by atoms with E-state index < -0.39 is 0 Å². The van der Waals surface area contributed by atoms with Gasteiger partial charge < -0.3 is 0 Å². The molecule has 0 atom stereocenters. The van der Waals surface area contributed by atoms with E-state index in [4.69, 9.17) is 0 Å². The van der Waals surface area contributed by atoms with Crippen LogP contribution in [0.1, 0.15) is 43.6 Å². The van der Waals surface area contributed by atoms with Gasteiger partial charge in [0.05, 0.1) is 11.4 Å². The number of nitrogens with zero attached hydrogens (tertiary/aromatic N) is 2. The van der Waals surface area contributed by atoms with Gasteiger partial charge in [0.15, 0.2) is 0 Å². The third-order valence-corrected chi connectivity index (χ3v) is 4.67. The van der Waals surface area contributed by atoms with Crippen LogP contribution in [-0.4, -0.2) is 0 Å². The number of rotatable bonds is 3. The van der Waals surface area contributed by atoms with Crippen LogP contribution in [0.4, 0.5) is 11.4 Å². The summed E-state index contributed by atoms with van der Waals surface area (Å²) < 4.78 is 0. The second kappa shape index (κ2) is 10.3. The molecule has 2 nitrogen and oxygen atoms in total. The van der Waals surface area contributed by atoms with Crippen LogP contribution in [0.3, 0.4) is 0 Å². The average Bonchev–Trinajstić information content (AvgIpc) is 2.75. The lowest BCUT2D eigenvalue weighted by atomic mass is 9.84. The monoisotopic (exact) mass is 342 g/mol. The molecule has 1 aliphatic carbocycles. The highest BCUT2D eigenvalue weighted by molar-refractivity contribution is 5.39. The molecule has 0 N–H and O–H groups in total. The zero-order chi connectivity index (χ0) is 17.9. The quantitative estimate of drug-likeness (QED) is 0.433. The summed E-state index contributed by atoms with van der Waals surface area (Å²) in [6.07, 6.45) is 7.12. The Morgan fingerprint density at radius 3 is 1.38 bits per heavy atom. The van der Waals surface area contributed by atoms with Crippen LogP contribution < -0.4 is 0 Å². The Morgan fingerprint density at radius 2 is 0.923 bits per heavy atom. The van der Waals surface area contributed by atoms with Crippen LogP contribution in [0.25, 0.3) is 0 Å². The summed E-state index contributed by atoms with van der Waals surface area (Å²) in [6.45, 7) is 0. The lowest BCUT2D eigenvalue weighted by molar-refractivity contribution is 0.443. The van der Waals surface area contributed by atoms with Crippen LogP contribution in [-0.2, 0) is 0 Å². The first-order chi connectivity index (χ1) is 12.9. The fourth-order valence-corrected chi connectivity index (χ4v) is 3.27. The third kappa shape index (κ3) is 5.96. The topological polar surface area (TPSA) is 24.7 Å². The van der Waals surface area contributed by atoms with Gasteiger partial charge in [-0.25, -0.2) is 0 Å². The summed E-state index contributed by atoms with van der Waals surface area (Å²) in [5.41, 5.74) is 3.30. The highest BCUT2D eigenvalue weighted by Crippen LogP contribution is 2.32. The molecule has 1 saturated carbocycles. The van der Waals surface area contributed by atoms with Crippen molar-refractivity contribution in [2.45, 2.75) is 38.0 Å². The molecule has 0 aromatic heterocycles. The molecule has 0 aliphatic heterocycles. The summed E-state index contributed by atoms with van der Waals surface area (Å²) in [4.78, 5) is 0. The van der Waals surface area contributed by atoms with E-state index in [9.17, 15) is 0 Å². The minimum atomic E-state index is 0.861. The van der Waals surface area contributed by atoms with Crippen molar-refractivity contribution in [1.29, 1.82) is 0 Å². The van der Waals surface area contributed by atoms with Crippen LogP contribution in [0.15, 0.2) is 101 Å². The first-order valence-corrected chi connectivity index (χ1v) is 9.48. The number of benzene rings is 3. The molecule has 1 aliphatic rings. The van der Waals surface area contributed by atoms with E-state index in [0.717, 1.165) is 17.3 Å². The molecule has 0 unspecified atom stereocenters. The van der Waals surface area contributed by atoms with Crippen LogP contribution in [0.2, 0.25) is 0 Å².